The predicted molar refractivity (Wildman–Crippen MR) is 97.2 cm³/mol. The molecule has 25 heavy (non-hydrogen) atoms. The second-order valence-electron chi connectivity index (χ2n) is 6.33. The van der Waals surface area contributed by atoms with Gasteiger partial charge in [-0.05, 0) is 30.2 Å². The molecular formula is C20H20N2O3. The second kappa shape index (κ2) is 6.51. The SMILES string of the molecule is O=C(O)CCc1cn(CC2CNc3ccccc3O2)c2ccccc12. The lowest BCUT2D eigenvalue weighted by Crippen LogP contribution is -2.34. The average molecular weight is 336 g/mol. The van der Waals surface area contributed by atoms with Crippen LogP contribution in [0.3, 0.4) is 0 Å². The van der Waals surface area contributed by atoms with Crippen molar-refractivity contribution >= 4 is 22.6 Å². The lowest BCUT2D eigenvalue weighted by Gasteiger charge is -2.27. The number of carboxylic acids is 1. The van der Waals surface area contributed by atoms with Crippen molar-refractivity contribution in [1.29, 1.82) is 0 Å². The molecule has 2 N–H and O–H groups in total. The van der Waals surface area contributed by atoms with E-state index in [1.54, 1.807) is 0 Å². The molecule has 0 saturated carbocycles. The topological polar surface area (TPSA) is 63.5 Å². The Labute approximate surface area is 145 Å². The number of benzene rings is 2. The molecule has 1 atom stereocenters. The van der Waals surface area contributed by atoms with E-state index in [0.717, 1.165) is 41.0 Å². The lowest BCUT2D eigenvalue weighted by molar-refractivity contribution is -0.136. The summed E-state index contributed by atoms with van der Waals surface area (Å²) in [6.45, 7) is 1.46. The van der Waals surface area contributed by atoms with Gasteiger partial charge in [0.15, 0.2) is 0 Å². The Morgan fingerprint density at radius 1 is 1.20 bits per heavy atom. The standard InChI is InChI=1S/C20H20N2O3/c23-20(24)10-9-14-12-22(18-7-3-1-5-16(14)18)13-15-11-21-17-6-2-4-8-19(17)25-15/h1-8,12,15,21H,9-11,13H2,(H,23,24). The highest BCUT2D eigenvalue weighted by Gasteiger charge is 2.20. The molecule has 2 heterocycles. The van der Waals surface area contributed by atoms with Crippen LogP contribution in [0.2, 0.25) is 0 Å². The van der Waals surface area contributed by atoms with Gasteiger partial charge in [-0.15, -0.1) is 0 Å². The van der Waals surface area contributed by atoms with Crippen LogP contribution in [0.4, 0.5) is 5.69 Å². The van der Waals surface area contributed by atoms with Gasteiger partial charge in [-0.3, -0.25) is 4.79 Å². The highest BCUT2D eigenvalue weighted by Crippen LogP contribution is 2.29. The largest absolute Gasteiger partial charge is 0.485 e. The zero-order valence-electron chi connectivity index (χ0n) is 13.8. The fraction of sp³-hybridized carbons (Fsp3) is 0.250. The minimum Gasteiger partial charge on any atom is -0.485 e. The molecule has 0 spiro atoms. The number of hydrogen-bond donors (Lipinski definition) is 2. The van der Waals surface area contributed by atoms with E-state index < -0.39 is 5.97 Å². The highest BCUT2D eigenvalue weighted by atomic mass is 16.5. The Morgan fingerprint density at radius 2 is 2.00 bits per heavy atom. The Hall–Kier alpha value is -2.95. The second-order valence-corrected chi connectivity index (χ2v) is 6.33. The van der Waals surface area contributed by atoms with Crippen LogP contribution in [0, 0.1) is 0 Å². The number of anilines is 1. The van der Waals surface area contributed by atoms with Gasteiger partial charge >= 0.3 is 5.97 Å². The van der Waals surface area contributed by atoms with E-state index in [1.165, 1.54) is 0 Å². The van der Waals surface area contributed by atoms with Gasteiger partial charge in [0.05, 0.1) is 18.8 Å². The van der Waals surface area contributed by atoms with E-state index in [1.807, 2.05) is 36.4 Å². The van der Waals surface area contributed by atoms with Gasteiger partial charge < -0.3 is 19.7 Å². The Morgan fingerprint density at radius 3 is 2.88 bits per heavy atom. The van der Waals surface area contributed by atoms with Crippen LogP contribution in [0.5, 0.6) is 5.75 Å². The van der Waals surface area contributed by atoms with Gasteiger partial charge in [0.25, 0.3) is 0 Å². The number of nitrogens with one attached hydrogen (secondary N) is 1. The molecule has 0 bridgehead atoms. The van der Waals surface area contributed by atoms with Crippen molar-refractivity contribution in [1.82, 2.24) is 4.57 Å². The van der Waals surface area contributed by atoms with Crippen LogP contribution in [-0.2, 0) is 17.8 Å². The van der Waals surface area contributed by atoms with Crippen molar-refractivity contribution in [2.24, 2.45) is 0 Å². The predicted octanol–water partition coefficient (Wildman–Crippen LogP) is 3.53. The summed E-state index contributed by atoms with van der Waals surface area (Å²) in [5, 5.41) is 13.5. The fourth-order valence-corrected chi connectivity index (χ4v) is 3.40. The third-order valence-corrected chi connectivity index (χ3v) is 4.58. The summed E-state index contributed by atoms with van der Waals surface area (Å²) in [4.78, 5) is 10.9. The minimum atomic E-state index is -0.770. The number of carboxylic acid groups (broad SMARTS) is 1. The lowest BCUT2D eigenvalue weighted by atomic mass is 10.1. The monoisotopic (exact) mass is 336 g/mol. The number of nitrogens with zero attached hydrogens (tertiary/aromatic N) is 1. The van der Waals surface area contributed by atoms with Crippen molar-refractivity contribution in [3.8, 4) is 5.75 Å². The van der Waals surface area contributed by atoms with Gasteiger partial charge in [-0.25, -0.2) is 0 Å². The van der Waals surface area contributed by atoms with E-state index in [-0.39, 0.29) is 12.5 Å². The zero-order chi connectivity index (χ0) is 17.2. The zero-order valence-corrected chi connectivity index (χ0v) is 13.8. The number of aromatic nitrogens is 1. The van der Waals surface area contributed by atoms with Crippen LogP contribution in [0.1, 0.15) is 12.0 Å². The van der Waals surface area contributed by atoms with Crippen LogP contribution in [0.25, 0.3) is 10.9 Å². The maximum atomic E-state index is 10.9. The summed E-state index contributed by atoms with van der Waals surface area (Å²) in [5.74, 6) is 0.106. The molecule has 0 amide bonds. The van der Waals surface area contributed by atoms with Crippen LogP contribution in [0.15, 0.2) is 54.7 Å². The summed E-state index contributed by atoms with van der Waals surface area (Å²) in [6, 6.07) is 16.1. The van der Waals surface area contributed by atoms with E-state index in [9.17, 15) is 4.79 Å². The molecule has 128 valence electrons. The van der Waals surface area contributed by atoms with Crippen molar-refractivity contribution in [3.05, 3.63) is 60.3 Å². The minimum absolute atomic E-state index is 0.0260. The number of carbonyl (C=O) groups is 1. The molecule has 1 aromatic heterocycles. The first-order valence-corrected chi connectivity index (χ1v) is 8.49. The molecule has 1 unspecified atom stereocenters. The molecule has 0 fully saturated rings. The molecule has 0 aliphatic carbocycles. The molecule has 0 saturated heterocycles. The van der Waals surface area contributed by atoms with Gasteiger partial charge in [-0.2, -0.15) is 0 Å². The van der Waals surface area contributed by atoms with Gasteiger partial charge in [0.2, 0.25) is 0 Å². The van der Waals surface area contributed by atoms with Crippen LogP contribution < -0.4 is 10.1 Å². The first-order valence-electron chi connectivity index (χ1n) is 8.49. The number of rotatable bonds is 5. The molecule has 1 aliphatic heterocycles. The molecule has 5 nitrogen and oxygen atoms in total. The van der Waals surface area contributed by atoms with Crippen molar-refractivity contribution in [2.45, 2.75) is 25.5 Å². The van der Waals surface area contributed by atoms with Gasteiger partial charge in [-0.1, -0.05) is 30.3 Å². The third-order valence-electron chi connectivity index (χ3n) is 4.58. The smallest absolute Gasteiger partial charge is 0.303 e. The van der Waals surface area contributed by atoms with E-state index in [2.05, 4.69) is 28.2 Å². The Kier molecular flexibility index (Phi) is 4.06. The summed E-state index contributed by atoms with van der Waals surface area (Å²) >= 11 is 0. The van der Waals surface area contributed by atoms with Crippen LogP contribution in [-0.4, -0.2) is 28.3 Å². The van der Waals surface area contributed by atoms with Crippen molar-refractivity contribution in [2.75, 3.05) is 11.9 Å². The number of fused-ring (bicyclic) bond motifs is 2. The Bertz CT molecular complexity index is 916. The first kappa shape index (κ1) is 15.6. The summed E-state index contributed by atoms with van der Waals surface area (Å²) in [6.07, 6.45) is 2.77. The number of ether oxygens (including phenoxy) is 1. The normalized spacial score (nSPS) is 16.1. The third kappa shape index (κ3) is 3.18. The molecule has 3 aromatic rings. The molecule has 5 heteroatoms. The van der Waals surface area contributed by atoms with Crippen LogP contribution >= 0.6 is 0 Å². The Balaban J connectivity index is 1.58. The highest BCUT2D eigenvalue weighted by molar-refractivity contribution is 5.84. The number of aliphatic carboxylic acids is 1. The quantitative estimate of drug-likeness (QED) is 0.748. The van der Waals surface area contributed by atoms with E-state index in [0.29, 0.717) is 6.42 Å². The number of aryl methyl sites for hydroxylation is 1. The summed E-state index contributed by atoms with van der Waals surface area (Å²) < 4.78 is 8.29. The van der Waals surface area contributed by atoms with E-state index >= 15 is 0 Å². The maximum absolute atomic E-state index is 10.9. The van der Waals surface area contributed by atoms with Crippen molar-refractivity contribution in [3.63, 3.8) is 0 Å². The average Bonchev–Trinajstić information content (AvgIpc) is 2.98. The van der Waals surface area contributed by atoms with Gasteiger partial charge in [0.1, 0.15) is 11.9 Å². The molecule has 1 aliphatic rings. The summed E-state index contributed by atoms with van der Waals surface area (Å²) in [5.41, 5.74) is 3.21. The summed E-state index contributed by atoms with van der Waals surface area (Å²) in [7, 11) is 0. The molecule has 0 radical (unpaired) electrons. The van der Waals surface area contributed by atoms with E-state index in [4.69, 9.17) is 9.84 Å². The molecule has 2 aromatic carbocycles. The maximum Gasteiger partial charge on any atom is 0.303 e. The molecular weight excluding hydrogens is 316 g/mol. The van der Waals surface area contributed by atoms with Gasteiger partial charge in [0, 0.05) is 23.5 Å². The first-order chi connectivity index (χ1) is 12.2. The number of hydrogen-bond acceptors (Lipinski definition) is 3. The fourth-order valence-electron chi connectivity index (χ4n) is 3.40. The van der Waals surface area contributed by atoms with Crippen molar-refractivity contribution < 1.29 is 14.6 Å². The molecule has 4 rings (SSSR count). The number of para-hydroxylation sites is 3.